The summed E-state index contributed by atoms with van der Waals surface area (Å²) in [6.45, 7) is 9.54. The van der Waals surface area contributed by atoms with E-state index in [0.717, 1.165) is 18.4 Å². The van der Waals surface area contributed by atoms with Crippen molar-refractivity contribution in [2.45, 2.75) is 78.1 Å². The molecular weight excluding hydrogens is 466 g/mol. The molecular formula is C30H39N3O4. The van der Waals surface area contributed by atoms with Gasteiger partial charge in [-0.3, -0.25) is 9.59 Å². The van der Waals surface area contributed by atoms with Crippen molar-refractivity contribution >= 4 is 17.9 Å². The number of nitrogens with one attached hydrogen (secondary N) is 2. The molecule has 3 amide bonds. The predicted molar refractivity (Wildman–Crippen MR) is 145 cm³/mol. The van der Waals surface area contributed by atoms with E-state index >= 15 is 0 Å². The molecule has 2 unspecified atom stereocenters. The van der Waals surface area contributed by atoms with Crippen LogP contribution < -0.4 is 10.6 Å². The molecule has 7 heteroatoms. The van der Waals surface area contributed by atoms with E-state index in [1.807, 2.05) is 30.3 Å². The lowest BCUT2D eigenvalue weighted by atomic mass is 9.97. The third kappa shape index (κ3) is 9.30. The van der Waals surface area contributed by atoms with Gasteiger partial charge in [-0.15, -0.1) is 6.42 Å². The Morgan fingerprint density at radius 1 is 1.03 bits per heavy atom. The molecule has 0 radical (unpaired) electrons. The highest BCUT2D eigenvalue weighted by atomic mass is 16.6. The number of carbonyl (C=O) groups excluding carboxylic acids is 3. The van der Waals surface area contributed by atoms with Crippen LogP contribution in [-0.2, 0) is 20.9 Å². The molecule has 0 fully saturated rings. The van der Waals surface area contributed by atoms with Gasteiger partial charge in [0.1, 0.15) is 17.7 Å². The third-order valence-corrected chi connectivity index (χ3v) is 5.67. The van der Waals surface area contributed by atoms with E-state index in [1.54, 1.807) is 52.0 Å². The Bertz CT molecular complexity index is 1090. The summed E-state index contributed by atoms with van der Waals surface area (Å²) in [5.41, 5.74) is 1.32. The van der Waals surface area contributed by atoms with Crippen LogP contribution in [0, 0.1) is 12.3 Å². The van der Waals surface area contributed by atoms with Crippen LogP contribution in [0.5, 0.6) is 0 Å². The molecule has 7 nitrogen and oxygen atoms in total. The Kier molecular flexibility index (Phi) is 11.2. The molecule has 2 N–H and O–H groups in total. The summed E-state index contributed by atoms with van der Waals surface area (Å²) in [4.78, 5) is 41.4. The van der Waals surface area contributed by atoms with Gasteiger partial charge >= 0.3 is 6.09 Å². The van der Waals surface area contributed by atoms with Gasteiger partial charge in [-0.2, -0.15) is 0 Å². The summed E-state index contributed by atoms with van der Waals surface area (Å²) in [6.07, 6.45) is 7.60. The van der Waals surface area contributed by atoms with Gasteiger partial charge in [-0.05, 0) is 51.3 Å². The van der Waals surface area contributed by atoms with Crippen molar-refractivity contribution in [2.24, 2.45) is 0 Å². The second-order valence-electron chi connectivity index (χ2n) is 9.94. The Morgan fingerprint density at radius 2 is 1.68 bits per heavy atom. The molecule has 0 saturated carbocycles. The molecule has 2 aromatic rings. The Morgan fingerprint density at radius 3 is 2.30 bits per heavy atom. The molecule has 2 aromatic carbocycles. The van der Waals surface area contributed by atoms with Gasteiger partial charge in [0.15, 0.2) is 0 Å². The molecule has 2 rings (SSSR count). The van der Waals surface area contributed by atoms with Gasteiger partial charge in [-0.25, -0.2) is 4.79 Å². The molecule has 0 aliphatic heterocycles. The van der Waals surface area contributed by atoms with Gasteiger partial charge in [0.2, 0.25) is 11.8 Å². The lowest BCUT2D eigenvalue weighted by molar-refractivity contribution is -0.142. The molecule has 0 saturated heterocycles. The normalized spacial score (nSPS) is 12.5. The molecule has 2 atom stereocenters. The van der Waals surface area contributed by atoms with Crippen LogP contribution in [0.25, 0.3) is 0 Å². The zero-order valence-corrected chi connectivity index (χ0v) is 22.5. The van der Waals surface area contributed by atoms with Crippen LogP contribution in [0.4, 0.5) is 4.79 Å². The van der Waals surface area contributed by atoms with Crippen molar-refractivity contribution in [3.63, 3.8) is 0 Å². The number of unbranched alkanes of at least 4 members (excludes halogenated alkanes) is 2. The van der Waals surface area contributed by atoms with E-state index in [1.165, 1.54) is 4.90 Å². The summed E-state index contributed by atoms with van der Waals surface area (Å²) in [7, 11) is 0. The van der Waals surface area contributed by atoms with Crippen molar-refractivity contribution in [3.05, 3.63) is 71.3 Å². The molecule has 0 spiro atoms. The van der Waals surface area contributed by atoms with E-state index in [9.17, 15) is 14.4 Å². The number of amides is 3. The zero-order chi connectivity index (χ0) is 27.4. The third-order valence-electron chi connectivity index (χ3n) is 5.67. The quantitative estimate of drug-likeness (QED) is 0.334. The highest BCUT2D eigenvalue weighted by Crippen LogP contribution is 2.26. The fraction of sp³-hybridized carbons (Fsp3) is 0.433. The molecule has 0 aliphatic carbocycles. The minimum atomic E-state index is -0.969. The maximum Gasteiger partial charge on any atom is 0.408 e. The van der Waals surface area contributed by atoms with Gasteiger partial charge < -0.3 is 20.3 Å². The first-order valence-electron chi connectivity index (χ1n) is 12.7. The number of alkyl carbamates (subject to hydrolysis) is 1. The summed E-state index contributed by atoms with van der Waals surface area (Å²) in [6, 6.07) is 14.8. The van der Waals surface area contributed by atoms with E-state index in [-0.39, 0.29) is 5.91 Å². The smallest absolute Gasteiger partial charge is 0.408 e. The monoisotopic (exact) mass is 505 g/mol. The SMILES string of the molecule is C#Cc1ccccc1C(C(=O)NCc1ccccc1)N(CCCCC)C(=O)C(C)NC(=O)OC(C)(C)C. The maximum atomic E-state index is 13.8. The molecule has 37 heavy (non-hydrogen) atoms. The summed E-state index contributed by atoms with van der Waals surface area (Å²) in [5, 5.41) is 5.59. The summed E-state index contributed by atoms with van der Waals surface area (Å²) < 4.78 is 5.33. The largest absolute Gasteiger partial charge is 0.444 e. The lowest BCUT2D eigenvalue weighted by Crippen LogP contribution is -2.52. The number of nitrogens with zero attached hydrogens (tertiary/aromatic N) is 1. The number of rotatable bonds is 11. The van der Waals surface area contributed by atoms with E-state index in [2.05, 4.69) is 23.5 Å². The minimum absolute atomic E-state index is 0.303. The molecule has 0 aromatic heterocycles. The van der Waals surface area contributed by atoms with E-state index in [4.69, 9.17) is 11.2 Å². The highest BCUT2D eigenvalue weighted by Gasteiger charge is 2.35. The van der Waals surface area contributed by atoms with Crippen LogP contribution in [0.1, 0.15) is 76.6 Å². The number of benzene rings is 2. The first-order chi connectivity index (χ1) is 17.6. The molecule has 0 heterocycles. The maximum absolute atomic E-state index is 13.8. The zero-order valence-electron chi connectivity index (χ0n) is 22.5. The van der Waals surface area contributed by atoms with Crippen LogP contribution in [-0.4, -0.2) is 41.0 Å². The molecule has 0 aliphatic rings. The van der Waals surface area contributed by atoms with Crippen LogP contribution >= 0.6 is 0 Å². The van der Waals surface area contributed by atoms with Crippen molar-refractivity contribution in [3.8, 4) is 12.3 Å². The number of ether oxygens (including phenoxy) is 1. The summed E-state index contributed by atoms with van der Waals surface area (Å²) in [5.74, 6) is 1.90. The fourth-order valence-corrected chi connectivity index (χ4v) is 3.89. The predicted octanol–water partition coefficient (Wildman–Crippen LogP) is 4.96. The second-order valence-corrected chi connectivity index (χ2v) is 9.94. The van der Waals surface area contributed by atoms with Gasteiger partial charge in [0.05, 0.1) is 0 Å². The van der Waals surface area contributed by atoms with Gasteiger partial charge in [-0.1, -0.05) is 74.2 Å². The molecule has 198 valence electrons. The van der Waals surface area contributed by atoms with Crippen molar-refractivity contribution in [1.82, 2.24) is 15.5 Å². The first kappa shape index (κ1) is 29.4. The van der Waals surface area contributed by atoms with E-state index in [0.29, 0.717) is 30.6 Å². The Labute approximate surface area is 221 Å². The van der Waals surface area contributed by atoms with Gasteiger partial charge in [0.25, 0.3) is 0 Å². The second kappa shape index (κ2) is 14.1. The summed E-state index contributed by atoms with van der Waals surface area (Å²) >= 11 is 0. The molecule has 0 bridgehead atoms. The Balaban J connectivity index is 2.42. The average molecular weight is 506 g/mol. The standard InChI is InChI=1S/C30H39N3O4/c1-7-9-15-20-33(28(35)22(3)32-29(36)37-30(4,5)6)26(25-19-14-13-18-24(25)8-2)27(34)31-21-23-16-11-10-12-17-23/h2,10-14,16-19,22,26H,7,9,15,20-21H2,1,3-6H3,(H,31,34)(H,32,36). The fourth-order valence-electron chi connectivity index (χ4n) is 3.89. The van der Waals surface area contributed by atoms with Crippen molar-refractivity contribution < 1.29 is 19.1 Å². The topological polar surface area (TPSA) is 87.7 Å². The Hall–Kier alpha value is -3.79. The van der Waals surface area contributed by atoms with E-state index < -0.39 is 29.7 Å². The van der Waals surface area contributed by atoms with Crippen LogP contribution in [0.2, 0.25) is 0 Å². The first-order valence-corrected chi connectivity index (χ1v) is 12.7. The number of hydrogen-bond donors (Lipinski definition) is 2. The minimum Gasteiger partial charge on any atom is -0.444 e. The van der Waals surface area contributed by atoms with Gasteiger partial charge in [0, 0.05) is 18.7 Å². The van der Waals surface area contributed by atoms with Crippen molar-refractivity contribution in [2.75, 3.05) is 6.54 Å². The van der Waals surface area contributed by atoms with Crippen LogP contribution in [0.3, 0.4) is 0 Å². The number of carbonyl (C=O) groups is 3. The van der Waals surface area contributed by atoms with Crippen molar-refractivity contribution in [1.29, 1.82) is 0 Å². The number of terminal acetylenes is 1. The highest BCUT2D eigenvalue weighted by molar-refractivity contribution is 5.92. The lowest BCUT2D eigenvalue weighted by Gasteiger charge is -2.34. The number of hydrogen-bond acceptors (Lipinski definition) is 4. The average Bonchev–Trinajstić information content (AvgIpc) is 2.86. The van der Waals surface area contributed by atoms with Crippen LogP contribution in [0.15, 0.2) is 54.6 Å².